The molecular weight excluding hydrogens is 162 g/mol. The molecule has 0 saturated heterocycles. The molecule has 0 aliphatic carbocycles. The van der Waals surface area contributed by atoms with Gasteiger partial charge in [0, 0.05) is 20.0 Å². The van der Waals surface area contributed by atoms with Crippen molar-refractivity contribution in [1.29, 1.82) is 0 Å². The molecule has 5 nitrogen and oxygen atoms in total. The lowest BCUT2D eigenvalue weighted by molar-refractivity contribution is -0.137. The largest absolute Gasteiger partial charge is 0.469 e. The van der Waals surface area contributed by atoms with E-state index in [0.29, 0.717) is 13.1 Å². The van der Waals surface area contributed by atoms with Crippen LogP contribution in [0.15, 0.2) is 0 Å². The monoisotopic (exact) mass is 179 g/mol. The molecule has 0 radical (unpaired) electrons. The maximum atomic E-state index is 9.59. The second-order valence-corrected chi connectivity index (χ2v) is 1.89. The number of carbonyl (C=O) groups is 1. The maximum Gasteiger partial charge on any atom is 0.302 e. The normalized spacial score (nSPS) is 8.33. The first-order valence-electron chi connectivity index (χ1n) is 3.66. The summed E-state index contributed by atoms with van der Waals surface area (Å²) < 4.78 is 4.11. The number of nitrogens with one attached hydrogen (secondary N) is 1. The van der Waals surface area contributed by atoms with Crippen LogP contribution in [0, 0.1) is 0 Å². The molecule has 0 unspecified atom stereocenters. The van der Waals surface area contributed by atoms with E-state index in [1.807, 2.05) is 0 Å². The summed E-state index contributed by atoms with van der Waals surface area (Å²) in [7, 11) is 1.35. The molecule has 0 aromatic rings. The lowest BCUT2D eigenvalue weighted by Crippen LogP contribution is -2.21. The number of aliphatic hydroxyl groups excluding tert-OH is 2. The molecule has 5 heteroatoms. The van der Waals surface area contributed by atoms with Gasteiger partial charge in [-0.1, -0.05) is 0 Å². The van der Waals surface area contributed by atoms with Gasteiger partial charge in [0.25, 0.3) is 0 Å². The molecule has 0 amide bonds. The third-order valence-electron chi connectivity index (χ3n) is 0.865. The fourth-order valence-corrected chi connectivity index (χ4v) is 0.283. The summed E-state index contributed by atoms with van der Waals surface area (Å²) in [5.41, 5.74) is 0. The van der Waals surface area contributed by atoms with E-state index < -0.39 is 0 Å². The summed E-state index contributed by atoms with van der Waals surface area (Å²) in [6.45, 7) is 2.78. The molecule has 3 N–H and O–H groups in total. The lowest BCUT2D eigenvalue weighted by atomic mass is 10.6. The number of carbonyl (C=O) groups excluding carboxylic acids is 1. The van der Waals surface area contributed by atoms with Gasteiger partial charge in [0.05, 0.1) is 20.3 Å². The van der Waals surface area contributed by atoms with Crippen molar-refractivity contribution in [2.45, 2.75) is 6.92 Å². The highest BCUT2D eigenvalue weighted by Crippen LogP contribution is 1.60. The number of hydrogen-bond acceptors (Lipinski definition) is 5. The van der Waals surface area contributed by atoms with Crippen LogP contribution in [0.5, 0.6) is 0 Å². The highest BCUT2D eigenvalue weighted by atomic mass is 16.5. The van der Waals surface area contributed by atoms with Crippen LogP contribution in [0.4, 0.5) is 0 Å². The van der Waals surface area contributed by atoms with Gasteiger partial charge in [0.1, 0.15) is 0 Å². The van der Waals surface area contributed by atoms with Crippen LogP contribution in [-0.4, -0.2) is 49.6 Å². The van der Waals surface area contributed by atoms with E-state index in [0.717, 1.165) is 0 Å². The van der Waals surface area contributed by atoms with Crippen molar-refractivity contribution in [2.24, 2.45) is 0 Å². The summed E-state index contributed by atoms with van der Waals surface area (Å²) in [5, 5.41) is 19.1. The average molecular weight is 179 g/mol. The second-order valence-electron chi connectivity index (χ2n) is 1.89. The first kappa shape index (κ1) is 13.9. The Bertz CT molecular complexity index is 93.4. The van der Waals surface area contributed by atoms with Gasteiger partial charge in [0.2, 0.25) is 0 Å². The smallest absolute Gasteiger partial charge is 0.302 e. The Morgan fingerprint density at radius 3 is 1.83 bits per heavy atom. The highest BCUT2D eigenvalue weighted by Gasteiger charge is 1.78. The van der Waals surface area contributed by atoms with Gasteiger partial charge in [-0.2, -0.15) is 0 Å². The van der Waals surface area contributed by atoms with E-state index in [9.17, 15) is 4.79 Å². The molecule has 0 bridgehead atoms. The van der Waals surface area contributed by atoms with E-state index in [1.165, 1.54) is 14.0 Å². The lowest BCUT2D eigenvalue weighted by Gasteiger charge is -1.94. The molecule has 74 valence electrons. The summed E-state index contributed by atoms with van der Waals surface area (Å²) in [6, 6.07) is 0. The van der Waals surface area contributed by atoms with Crippen LogP contribution in [0.3, 0.4) is 0 Å². The fourth-order valence-electron chi connectivity index (χ4n) is 0.283. The predicted molar refractivity (Wildman–Crippen MR) is 44.7 cm³/mol. The fraction of sp³-hybridized carbons (Fsp3) is 0.857. The van der Waals surface area contributed by atoms with Gasteiger partial charge in [0.15, 0.2) is 0 Å². The quantitative estimate of drug-likeness (QED) is 0.371. The van der Waals surface area contributed by atoms with Gasteiger partial charge in [-0.05, 0) is 0 Å². The molecule has 0 aliphatic heterocycles. The molecule has 0 saturated carbocycles. The number of hydrogen-bond donors (Lipinski definition) is 3. The maximum absolute atomic E-state index is 9.59. The van der Waals surface area contributed by atoms with Crippen LogP contribution in [-0.2, 0) is 9.53 Å². The minimum Gasteiger partial charge on any atom is -0.469 e. The molecule has 0 aliphatic rings. The Morgan fingerprint density at radius 1 is 1.33 bits per heavy atom. The van der Waals surface area contributed by atoms with Crippen molar-refractivity contribution in [2.75, 3.05) is 33.4 Å². The summed E-state index contributed by atoms with van der Waals surface area (Å²) >= 11 is 0. The van der Waals surface area contributed by atoms with E-state index in [2.05, 4.69) is 10.1 Å². The molecular formula is C7H17NO4. The third kappa shape index (κ3) is 22.8. The SMILES string of the molecule is COC(C)=O.OCCNCCO. The van der Waals surface area contributed by atoms with Gasteiger partial charge in [-0.25, -0.2) is 0 Å². The van der Waals surface area contributed by atoms with Crippen molar-refractivity contribution in [3.63, 3.8) is 0 Å². The predicted octanol–water partition coefficient (Wildman–Crippen LogP) is -1.26. The van der Waals surface area contributed by atoms with Crippen molar-refractivity contribution < 1.29 is 19.7 Å². The minimum absolute atomic E-state index is 0.139. The minimum atomic E-state index is -0.245. The number of ether oxygens (including phenoxy) is 1. The first-order chi connectivity index (χ1) is 5.68. The van der Waals surface area contributed by atoms with E-state index >= 15 is 0 Å². The van der Waals surface area contributed by atoms with E-state index in [-0.39, 0.29) is 19.2 Å². The van der Waals surface area contributed by atoms with Gasteiger partial charge < -0.3 is 20.3 Å². The Balaban J connectivity index is 0. The first-order valence-corrected chi connectivity index (χ1v) is 3.66. The van der Waals surface area contributed by atoms with Crippen LogP contribution in [0.1, 0.15) is 6.92 Å². The Morgan fingerprint density at radius 2 is 1.67 bits per heavy atom. The molecule has 0 spiro atoms. The molecule has 0 aromatic heterocycles. The zero-order chi connectivity index (χ0) is 9.82. The number of methoxy groups -OCH3 is 1. The zero-order valence-electron chi connectivity index (χ0n) is 7.54. The Hall–Kier alpha value is -0.650. The van der Waals surface area contributed by atoms with Crippen LogP contribution in [0.25, 0.3) is 0 Å². The third-order valence-corrected chi connectivity index (χ3v) is 0.865. The summed E-state index contributed by atoms with van der Waals surface area (Å²) in [6.07, 6.45) is 0. The van der Waals surface area contributed by atoms with Crippen LogP contribution in [0.2, 0.25) is 0 Å². The van der Waals surface area contributed by atoms with Crippen LogP contribution < -0.4 is 5.32 Å². The van der Waals surface area contributed by atoms with Gasteiger partial charge >= 0.3 is 5.97 Å². The molecule has 12 heavy (non-hydrogen) atoms. The number of esters is 1. The molecule has 0 aromatic carbocycles. The average Bonchev–Trinajstić information content (AvgIpc) is 2.07. The van der Waals surface area contributed by atoms with Crippen molar-refractivity contribution in [1.82, 2.24) is 5.32 Å². The van der Waals surface area contributed by atoms with Crippen LogP contribution >= 0.6 is 0 Å². The Labute approximate surface area is 72.3 Å². The zero-order valence-corrected chi connectivity index (χ0v) is 7.54. The molecule has 0 atom stereocenters. The molecule has 0 rings (SSSR count). The standard InChI is InChI=1S/C4H11NO2.C3H6O2/c6-3-1-5-2-4-7;1-3(4)5-2/h5-7H,1-4H2;1-2H3. The van der Waals surface area contributed by atoms with Crippen molar-refractivity contribution in [3.8, 4) is 0 Å². The topological polar surface area (TPSA) is 78.8 Å². The highest BCUT2D eigenvalue weighted by molar-refractivity contribution is 5.65. The Kier molecular flexibility index (Phi) is 15.0. The van der Waals surface area contributed by atoms with Gasteiger partial charge in [-0.3, -0.25) is 4.79 Å². The summed E-state index contributed by atoms with van der Waals surface area (Å²) in [4.78, 5) is 9.59. The van der Waals surface area contributed by atoms with Gasteiger partial charge in [-0.15, -0.1) is 0 Å². The van der Waals surface area contributed by atoms with E-state index in [1.54, 1.807) is 0 Å². The summed E-state index contributed by atoms with van der Waals surface area (Å²) in [5.74, 6) is -0.245. The van der Waals surface area contributed by atoms with E-state index in [4.69, 9.17) is 10.2 Å². The molecule has 0 fully saturated rings. The molecule has 0 heterocycles. The van der Waals surface area contributed by atoms with Crippen molar-refractivity contribution >= 4 is 5.97 Å². The number of aliphatic hydroxyl groups is 2. The second kappa shape index (κ2) is 13.0. The number of rotatable bonds is 4. The van der Waals surface area contributed by atoms with Crippen molar-refractivity contribution in [3.05, 3.63) is 0 Å².